The van der Waals surface area contributed by atoms with E-state index in [2.05, 4.69) is 10.3 Å². The van der Waals surface area contributed by atoms with Gasteiger partial charge in [0.25, 0.3) is 5.91 Å². The monoisotopic (exact) mass is 391 g/mol. The predicted molar refractivity (Wildman–Crippen MR) is 111 cm³/mol. The van der Waals surface area contributed by atoms with E-state index in [1.54, 1.807) is 12.4 Å². The van der Waals surface area contributed by atoms with E-state index < -0.39 is 6.04 Å². The Balaban J connectivity index is 1.90. The van der Waals surface area contributed by atoms with Gasteiger partial charge in [-0.3, -0.25) is 14.6 Å². The lowest BCUT2D eigenvalue weighted by Gasteiger charge is -2.18. The van der Waals surface area contributed by atoms with E-state index in [-0.39, 0.29) is 18.3 Å². The Kier molecular flexibility index (Phi) is 6.12. The highest BCUT2D eigenvalue weighted by Crippen LogP contribution is 2.23. The number of benzene rings is 1. The van der Waals surface area contributed by atoms with Crippen molar-refractivity contribution in [3.63, 3.8) is 0 Å². The molecule has 1 amide bonds. The third kappa shape index (κ3) is 4.54. The zero-order valence-electron chi connectivity index (χ0n) is 17.1. The fraction of sp³-hybridized carbons (Fsp3) is 0.261. The molecular formula is C23H25N3O3. The maximum atomic E-state index is 13.1. The molecule has 1 aromatic carbocycles. The summed E-state index contributed by atoms with van der Waals surface area (Å²) < 4.78 is 6.81. The number of nitrogens with one attached hydrogen (secondary N) is 1. The molecule has 1 atom stereocenters. The first kappa shape index (κ1) is 20.3. The van der Waals surface area contributed by atoms with E-state index in [0.717, 1.165) is 28.2 Å². The van der Waals surface area contributed by atoms with E-state index in [1.165, 1.54) is 7.11 Å². The van der Waals surface area contributed by atoms with Gasteiger partial charge in [0.2, 0.25) is 0 Å². The number of aryl methyl sites for hydroxylation is 2. The van der Waals surface area contributed by atoms with Crippen LogP contribution in [-0.2, 0) is 9.53 Å². The summed E-state index contributed by atoms with van der Waals surface area (Å²) in [5, 5.41) is 3.00. The van der Waals surface area contributed by atoms with Crippen molar-refractivity contribution in [2.75, 3.05) is 7.11 Å². The number of rotatable bonds is 6. The number of carbonyl (C=O) groups excluding carboxylic acids is 2. The van der Waals surface area contributed by atoms with Crippen molar-refractivity contribution in [3.8, 4) is 5.69 Å². The van der Waals surface area contributed by atoms with E-state index in [9.17, 15) is 9.59 Å². The Labute approximate surface area is 170 Å². The largest absolute Gasteiger partial charge is 0.469 e. The number of esters is 1. The summed E-state index contributed by atoms with van der Waals surface area (Å²) in [5.41, 5.74) is 5.17. The van der Waals surface area contributed by atoms with E-state index >= 15 is 0 Å². The molecule has 150 valence electrons. The molecule has 2 aromatic heterocycles. The SMILES string of the molecule is COC(=O)CC(NC(=O)c1cc(C)n(-c2cccnc2)c1C)c1ccc(C)cc1. The molecular weight excluding hydrogens is 366 g/mol. The molecule has 3 aromatic rings. The van der Waals surface area contributed by atoms with Crippen molar-refractivity contribution >= 4 is 11.9 Å². The molecule has 29 heavy (non-hydrogen) atoms. The Morgan fingerprint density at radius 3 is 2.48 bits per heavy atom. The summed E-state index contributed by atoms with van der Waals surface area (Å²) in [6, 6.07) is 12.9. The van der Waals surface area contributed by atoms with Gasteiger partial charge < -0.3 is 14.6 Å². The zero-order chi connectivity index (χ0) is 21.0. The minimum Gasteiger partial charge on any atom is -0.469 e. The van der Waals surface area contributed by atoms with Crippen LogP contribution in [-0.4, -0.2) is 28.5 Å². The van der Waals surface area contributed by atoms with E-state index in [4.69, 9.17) is 4.74 Å². The fourth-order valence-corrected chi connectivity index (χ4v) is 3.41. The van der Waals surface area contributed by atoms with Gasteiger partial charge in [0.15, 0.2) is 0 Å². The Morgan fingerprint density at radius 1 is 1.14 bits per heavy atom. The van der Waals surface area contributed by atoms with Crippen LogP contribution in [0.3, 0.4) is 0 Å². The smallest absolute Gasteiger partial charge is 0.307 e. The van der Waals surface area contributed by atoms with Gasteiger partial charge in [0, 0.05) is 17.6 Å². The lowest BCUT2D eigenvalue weighted by atomic mass is 10.0. The van der Waals surface area contributed by atoms with Gasteiger partial charge >= 0.3 is 5.97 Å². The molecule has 6 nitrogen and oxygen atoms in total. The summed E-state index contributed by atoms with van der Waals surface area (Å²) in [4.78, 5) is 29.2. The zero-order valence-corrected chi connectivity index (χ0v) is 17.1. The highest BCUT2D eigenvalue weighted by molar-refractivity contribution is 5.96. The van der Waals surface area contributed by atoms with Crippen LogP contribution in [0.25, 0.3) is 5.69 Å². The lowest BCUT2D eigenvalue weighted by Crippen LogP contribution is -2.30. The third-order valence-corrected chi connectivity index (χ3v) is 4.96. The normalized spacial score (nSPS) is 11.7. The third-order valence-electron chi connectivity index (χ3n) is 4.96. The molecule has 6 heteroatoms. The maximum absolute atomic E-state index is 13.1. The number of amides is 1. The van der Waals surface area contributed by atoms with Crippen molar-refractivity contribution in [1.82, 2.24) is 14.9 Å². The molecule has 3 rings (SSSR count). The Hall–Kier alpha value is -3.41. The molecule has 0 spiro atoms. The van der Waals surface area contributed by atoms with Crippen molar-refractivity contribution in [2.45, 2.75) is 33.2 Å². The summed E-state index contributed by atoms with van der Waals surface area (Å²) in [6.07, 6.45) is 3.53. The second-order valence-corrected chi connectivity index (χ2v) is 7.05. The number of pyridine rings is 1. The summed E-state index contributed by atoms with van der Waals surface area (Å²) in [7, 11) is 1.35. The number of aromatic nitrogens is 2. The molecule has 0 aliphatic carbocycles. The second kappa shape index (κ2) is 8.73. The Bertz CT molecular complexity index is 1010. The minimum absolute atomic E-state index is 0.0621. The number of ether oxygens (including phenoxy) is 1. The van der Waals surface area contributed by atoms with Gasteiger partial charge in [-0.15, -0.1) is 0 Å². The minimum atomic E-state index is -0.475. The number of methoxy groups -OCH3 is 1. The quantitative estimate of drug-likeness (QED) is 0.648. The molecule has 0 bridgehead atoms. The standard InChI is InChI=1S/C23H25N3O3/c1-15-7-9-18(10-8-15)21(13-22(27)29-4)25-23(28)20-12-16(2)26(17(20)3)19-6-5-11-24-14-19/h5-12,14,21H,13H2,1-4H3,(H,25,28). The summed E-state index contributed by atoms with van der Waals surface area (Å²) in [6.45, 7) is 5.84. The molecule has 0 aliphatic heterocycles. The predicted octanol–water partition coefficient (Wildman–Crippen LogP) is 3.83. The van der Waals surface area contributed by atoms with Crippen molar-refractivity contribution < 1.29 is 14.3 Å². The average Bonchev–Trinajstić information content (AvgIpc) is 3.02. The van der Waals surface area contributed by atoms with Gasteiger partial charge in [-0.25, -0.2) is 0 Å². The van der Waals surface area contributed by atoms with Crippen molar-refractivity contribution in [2.24, 2.45) is 0 Å². The van der Waals surface area contributed by atoms with Crippen LogP contribution < -0.4 is 5.32 Å². The number of hydrogen-bond donors (Lipinski definition) is 1. The highest BCUT2D eigenvalue weighted by Gasteiger charge is 2.23. The van der Waals surface area contributed by atoms with Gasteiger partial charge in [-0.1, -0.05) is 29.8 Å². The highest BCUT2D eigenvalue weighted by atomic mass is 16.5. The first-order chi connectivity index (χ1) is 13.9. The van der Waals surface area contributed by atoms with Crippen LogP contribution in [0.5, 0.6) is 0 Å². The van der Waals surface area contributed by atoms with Crippen LogP contribution in [0.15, 0.2) is 54.9 Å². The topological polar surface area (TPSA) is 73.2 Å². The molecule has 0 saturated carbocycles. The number of carbonyl (C=O) groups is 2. The second-order valence-electron chi connectivity index (χ2n) is 7.05. The van der Waals surface area contributed by atoms with E-state index in [1.807, 2.05) is 67.8 Å². The van der Waals surface area contributed by atoms with Crippen LogP contribution in [0.1, 0.15) is 45.3 Å². The fourth-order valence-electron chi connectivity index (χ4n) is 3.41. The maximum Gasteiger partial charge on any atom is 0.307 e. The van der Waals surface area contributed by atoms with Crippen molar-refractivity contribution in [1.29, 1.82) is 0 Å². The van der Waals surface area contributed by atoms with Gasteiger partial charge in [-0.05, 0) is 44.5 Å². The van der Waals surface area contributed by atoms with Crippen LogP contribution >= 0.6 is 0 Å². The lowest BCUT2D eigenvalue weighted by molar-refractivity contribution is -0.141. The number of hydrogen-bond acceptors (Lipinski definition) is 4. The first-order valence-electron chi connectivity index (χ1n) is 9.44. The molecule has 1 N–H and O–H groups in total. The van der Waals surface area contributed by atoms with Crippen molar-refractivity contribution in [3.05, 3.63) is 82.9 Å². The Morgan fingerprint density at radius 2 is 1.86 bits per heavy atom. The molecule has 0 fully saturated rings. The summed E-state index contributed by atoms with van der Waals surface area (Å²) >= 11 is 0. The van der Waals surface area contributed by atoms with Gasteiger partial charge in [-0.2, -0.15) is 0 Å². The molecule has 0 saturated heterocycles. The van der Waals surface area contributed by atoms with Crippen LogP contribution in [0, 0.1) is 20.8 Å². The molecule has 1 unspecified atom stereocenters. The summed E-state index contributed by atoms with van der Waals surface area (Å²) in [5.74, 6) is -0.612. The van der Waals surface area contributed by atoms with Crippen LogP contribution in [0.2, 0.25) is 0 Å². The van der Waals surface area contributed by atoms with E-state index in [0.29, 0.717) is 5.56 Å². The molecule has 0 aliphatic rings. The van der Waals surface area contributed by atoms with Gasteiger partial charge in [0.05, 0.1) is 37.0 Å². The number of nitrogens with zero attached hydrogens (tertiary/aromatic N) is 2. The first-order valence-corrected chi connectivity index (χ1v) is 9.44. The average molecular weight is 391 g/mol. The van der Waals surface area contributed by atoms with Gasteiger partial charge in [0.1, 0.15) is 0 Å². The molecule has 0 radical (unpaired) electrons. The van der Waals surface area contributed by atoms with Crippen LogP contribution in [0.4, 0.5) is 0 Å². The molecule has 2 heterocycles.